The van der Waals surface area contributed by atoms with Gasteiger partial charge in [-0.3, -0.25) is 5.26 Å². The lowest BCUT2D eigenvalue weighted by molar-refractivity contribution is -0.272. The van der Waals surface area contributed by atoms with Gasteiger partial charge in [-0.25, -0.2) is 9.68 Å². The maximum Gasteiger partial charge on any atom is 0.327 e. The van der Waals surface area contributed by atoms with Crippen molar-refractivity contribution in [2.24, 2.45) is 10.8 Å². The molecule has 0 bridgehead atoms. The number of hydrogen-bond acceptors (Lipinski definition) is 10. The molecule has 9 N–H and O–H groups in total. The number of hydrogen-bond donors (Lipinski definition) is 9. The first-order chi connectivity index (χ1) is 11.3. The van der Waals surface area contributed by atoms with Gasteiger partial charge in [0.05, 0.1) is 63.7 Å². The molecule has 0 atom stereocenters. The molecule has 0 saturated heterocycles. The molecule has 146 valence electrons. The molecule has 0 aliphatic heterocycles. The molecule has 24 heavy (non-hydrogen) atoms. The summed E-state index contributed by atoms with van der Waals surface area (Å²) in [4.78, 5) is 13.0. The first kappa shape index (κ1) is 27.7. The number of aliphatic hydroxyl groups excluding tert-OH is 7. The van der Waals surface area contributed by atoms with Crippen LogP contribution < -0.4 is 0 Å². The van der Waals surface area contributed by atoms with E-state index in [-0.39, 0.29) is 6.61 Å². The summed E-state index contributed by atoms with van der Waals surface area (Å²) in [6.07, 6.45) is 0.833. The van der Waals surface area contributed by atoms with Gasteiger partial charge in [0, 0.05) is 6.08 Å². The zero-order chi connectivity index (χ0) is 19.6. The second kappa shape index (κ2) is 16.7. The first-order valence-corrected chi connectivity index (χ1v) is 6.64. The van der Waals surface area contributed by atoms with Crippen LogP contribution in [0.2, 0.25) is 0 Å². The van der Waals surface area contributed by atoms with Crippen LogP contribution in [0.3, 0.4) is 0 Å². The molecule has 0 spiro atoms. The van der Waals surface area contributed by atoms with Crippen molar-refractivity contribution in [3.05, 3.63) is 12.7 Å². The van der Waals surface area contributed by atoms with Crippen molar-refractivity contribution in [1.29, 1.82) is 0 Å². The third-order valence-corrected chi connectivity index (χ3v) is 2.89. The number of aliphatic carboxylic acids is 1. The third kappa shape index (κ3) is 12.3. The Balaban J connectivity index is -0.000000291. The summed E-state index contributed by atoms with van der Waals surface area (Å²) >= 11 is 0. The van der Waals surface area contributed by atoms with Crippen LogP contribution >= 0.6 is 0 Å². The van der Waals surface area contributed by atoms with Gasteiger partial charge in [-0.2, -0.15) is 0 Å². The summed E-state index contributed by atoms with van der Waals surface area (Å²) in [6, 6.07) is 0. The maximum atomic E-state index is 9.25. The maximum absolute atomic E-state index is 9.25. The van der Waals surface area contributed by atoms with E-state index in [9.17, 15) is 4.79 Å². The third-order valence-electron chi connectivity index (χ3n) is 2.89. The highest BCUT2D eigenvalue weighted by molar-refractivity contribution is 5.78. The molecule has 0 aliphatic carbocycles. The molecule has 0 aliphatic rings. The lowest BCUT2D eigenvalue weighted by atomic mass is 9.93. The Morgan fingerprint density at radius 1 is 0.792 bits per heavy atom. The molecule has 0 aromatic carbocycles. The SMILES string of the molecule is C=CC(=O)O.OCC(CO)(CO)CO.OCC(CO)(CO)COO. The molecule has 0 rings (SSSR count). The summed E-state index contributed by atoms with van der Waals surface area (Å²) in [5, 5.41) is 75.3. The molecule has 0 aromatic rings. The molecule has 0 fully saturated rings. The van der Waals surface area contributed by atoms with Gasteiger partial charge in [0.2, 0.25) is 0 Å². The second-order valence-corrected chi connectivity index (χ2v) is 4.92. The van der Waals surface area contributed by atoms with E-state index in [2.05, 4.69) is 11.5 Å². The molecule has 0 unspecified atom stereocenters. The molecule has 11 nitrogen and oxygen atoms in total. The van der Waals surface area contributed by atoms with E-state index in [4.69, 9.17) is 46.1 Å². The summed E-state index contributed by atoms with van der Waals surface area (Å²) in [7, 11) is 0. The summed E-state index contributed by atoms with van der Waals surface area (Å²) < 4.78 is 0. The van der Waals surface area contributed by atoms with Crippen LogP contribution in [0, 0.1) is 10.8 Å². The molecule has 0 amide bonds. The number of carboxylic acids is 1. The summed E-state index contributed by atoms with van der Waals surface area (Å²) in [5.41, 5.74) is -2.24. The highest BCUT2D eigenvalue weighted by Crippen LogP contribution is 2.14. The number of carboxylic acid groups (broad SMARTS) is 1. The highest BCUT2D eigenvalue weighted by Gasteiger charge is 2.28. The fourth-order valence-electron chi connectivity index (χ4n) is 0.724. The molecule has 0 heterocycles. The zero-order valence-corrected chi connectivity index (χ0v) is 13.3. The minimum atomic E-state index is -1.13. The van der Waals surface area contributed by atoms with E-state index in [0.29, 0.717) is 0 Å². The molecule has 0 saturated carbocycles. The van der Waals surface area contributed by atoms with Gasteiger partial charge in [0.15, 0.2) is 0 Å². The molecule has 11 heteroatoms. The van der Waals surface area contributed by atoms with Crippen LogP contribution in [0.25, 0.3) is 0 Å². The molecular weight excluding hydrogens is 332 g/mol. The van der Waals surface area contributed by atoms with Crippen molar-refractivity contribution in [2.45, 2.75) is 0 Å². The van der Waals surface area contributed by atoms with E-state index in [1.807, 2.05) is 0 Å². The average Bonchev–Trinajstić information content (AvgIpc) is 2.63. The fraction of sp³-hybridized carbons (Fsp3) is 0.769. The van der Waals surface area contributed by atoms with Crippen LogP contribution in [0.15, 0.2) is 12.7 Å². The van der Waals surface area contributed by atoms with Gasteiger partial charge in [-0.15, -0.1) is 0 Å². The summed E-state index contributed by atoms with van der Waals surface area (Å²) in [5.74, 6) is -0.981. The van der Waals surface area contributed by atoms with Gasteiger partial charge in [0.1, 0.15) is 0 Å². The number of rotatable bonds is 10. The number of aliphatic hydroxyl groups is 7. The smallest absolute Gasteiger partial charge is 0.327 e. The van der Waals surface area contributed by atoms with Gasteiger partial charge in [-0.1, -0.05) is 6.58 Å². The second-order valence-electron chi connectivity index (χ2n) is 4.92. The van der Waals surface area contributed by atoms with E-state index in [0.717, 1.165) is 6.08 Å². The van der Waals surface area contributed by atoms with Crippen molar-refractivity contribution in [3.63, 3.8) is 0 Å². The molecule has 0 radical (unpaired) electrons. The molecular formula is C13H28O11. The van der Waals surface area contributed by atoms with Crippen molar-refractivity contribution in [3.8, 4) is 0 Å². The monoisotopic (exact) mass is 360 g/mol. The Bertz CT molecular complexity index is 275. The van der Waals surface area contributed by atoms with E-state index in [1.165, 1.54) is 0 Å². The van der Waals surface area contributed by atoms with Gasteiger partial charge in [0.25, 0.3) is 0 Å². The fourth-order valence-corrected chi connectivity index (χ4v) is 0.724. The Morgan fingerprint density at radius 3 is 1.08 bits per heavy atom. The standard InChI is InChI=1S/C5H12O5.C5H12O4.C3H4O2/c6-1-5(2-7,3-8)4-10-9;6-1-5(2-7,3-8)4-9;1-2-3(4)5/h6-9H,1-4H2;6-9H,1-4H2;2H,1H2,(H,4,5). The van der Waals surface area contributed by atoms with E-state index >= 15 is 0 Å². The number of carbonyl (C=O) groups is 1. The Kier molecular flexibility index (Phi) is 19.3. The topological polar surface area (TPSA) is 208 Å². The predicted octanol–water partition coefficient (Wildman–Crippen LogP) is -3.36. The van der Waals surface area contributed by atoms with Gasteiger partial charge in [-0.05, 0) is 0 Å². The van der Waals surface area contributed by atoms with Crippen molar-refractivity contribution < 1.29 is 55.8 Å². The largest absolute Gasteiger partial charge is 0.478 e. The van der Waals surface area contributed by atoms with Crippen molar-refractivity contribution in [1.82, 2.24) is 0 Å². The van der Waals surface area contributed by atoms with E-state index in [1.54, 1.807) is 0 Å². The van der Waals surface area contributed by atoms with E-state index < -0.39 is 63.0 Å². The van der Waals surface area contributed by atoms with Crippen LogP contribution in [0.4, 0.5) is 0 Å². The van der Waals surface area contributed by atoms with Gasteiger partial charge < -0.3 is 40.9 Å². The van der Waals surface area contributed by atoms with Crippen LogP contribution in [-0.4, -0.2) is 105 Å². The van der Waals surface area contributed by atoms with Crippen molar-refractivity contribution in [2.75, 3.05) is 52.9 Å². The zero-order valence-electron chi connectivity index (χ0n) is 13.3. The minimum absolute atomic E-state index is 0.281. The minimum Gasteiger partial charge on any atom is -0.478 e. The van der Waals surface area contributed by atoms with Crippen molar-refractivity contribution >= 4 is 5.97 Å². The lowest BCUT2D eigenvalue weighted by Crippen LogP contribution is -2.38. The average molecular weight is 360 g/mol. The normalized spacial score (nSPS) is 10.8. The quantitative estimate of drug-likeness (QED) is 0.107. The first-order valence-electron chi connectivity index (χ1n) is 6.64. The Morgan fingerprint density at radius 2 is 1.04 bits per heavy atom. The lowest BCUT2D eigenvalue weighted by Gasteiger charge is -2.24. The van der Waals surface area contributed by atoms with Crippen LogP contribution in [0.5, 0.6) is 0 Å². The summed E-state index contributed by atoms with van der Waals surface area (Å²) in [6.45, 7) is -0.236. The highest BCUT2D eigenvalue weighted by atomic mass is 17.1. The Hall–Kier alpha value is -1.15. The van der Waals surface area contributed by atoms with Crippen LogP contribution in [0.1, 0.15) is 0 Å². The van der Waals surface area contributed by atoms with Gasteiger partial charge >= 0.3 is 5.97 Å². The molecule has 0 aromatic heterocycles. The Labute approximate surface area is 139 Å². The predicted molar refractivity (Wildman–Crippen MR) is 80.9 cm³/mol. The van der Waals surface area contributed by atoms with Crippen LogP contribution in [-0.2, 0) is 9.68 Å².